The highest BCUT2D eigenvalue weighted by atomic mass is 16.7. The Morgan fingerprint density at radius 3 is 2.18 bits per heavy atom. The van der Waals surface area contributed by atoms with Crippen LogP contribution in [-0.4, -0.2) is 13.6 Å². The van der Waals surface area contributed by atoms with Crippen molar-refractivity contribution < 1.29 is 18.9 Å². The maximum atomic E-state index is 5.76. The lowest BCUT2D eigenvalue weighted by atomic mass is 9.81. The molecule has 0 unspecified atom stereocenters. The highest BCUT2D eigenvalue weighted by Gasteiger charge is 2.30. The van der Waals surface area contributed by atoms with Crippen molar-refractivity contribution in [3.05, 3.63) is 35.9 Å². The molecule has 0 fully saturated rings. The quantitative estimate of drug-likeness (QED) is 0.794. The normalized spacial score (nSPS) is 15.2. The molecule has 4 rings (SSSR count). The molecular weight excluding hydrogens is 280 g/mol. The Bertz CT molecular complexity index is 743. The largest absolute Gasteiger partial charge is 0.454 e. The molecule has 22 heavy (non-hydrogen) atoms. The van der Waals surface area contributed by atoms with Gasteiger partial charge in [0, 0.05) is 11.1 Å². The van der Waals surface area contributed by atoms with E-state index in [0.717, 1.165) is 34.1 Å². The molecule has 0 aromatic heterocycles. The van der Waals surface area contributed by atoms with E-state index in [1.165, 1.54) is 5.56 Å². The van der Waals surface area contributed by atoms with Crippen molar-refractivity contribution in [2.45, 2.75) is 26.2 Å². The summed E-state index contributed by atoms with van der Waals surface area (Å²) in [4.78, 5) is 0. The van der Waals surface area contributed by atoms with E-state index in [0.29, 0.717) is 0 Å². The van der Waals surface area contributed by atoms with Crippen LogP contribution in [0.4, 0.5) is 0 Å². The zero-order chi connectivity index (χ0) is 15.3. The summed E-state index contributed by atoms with van der Waals surface area (Å²) in [5.41, 5.74) is 3.19. The van der Waals surface area contributed by atoms with E-state index in [1.54, 1.807) is 0 Å². The molecule has 0 amide bonds. The third kappa shape index (κ3) is 1.90. The molecule has 4 nitrogen and oxygen atoms in total. The summed E-state index contributed by atoms with van der Waals surface area (Å²) >= 11 is 0. The number of rotatable bonds is 1. The number of benzene rings is 2. The molecule has 0 atom stereocenters. The summed E-state index contributed by atoms with van der Waals surface area (Å²) in [6, 6.07) is 10.0. The van der Waals surface area contributed by atoms with Crippen LogP contribution in [0.5, 0.6) is 23.0 Å². The molecule has 0 N–H and O–H groups in total. The van der Waals surface area contributed by atoms with E-state index in [4.69, 9.17) is 18.9 Å². The zero-order valence-electron chi connectivity index (χ0n) is 12.9. The molecule has 0 spiro atoms. The first-order chi connectivity index (χ1) is 10.6. The minimum atomic E-state index is -0.0293. The second-order valence-electron chi connectivity index (χ2n) is 6.51. The van der Waals surface area contributed by atoms with Gasteiger partial charge in [-0.25, -0.2) is 0 Å². The first-order valence-corrected chi connectivity index (χ1v) is 7.38. The smallest absolute Gasteiger partial charge is 0.231 e. The van der Waals surface area contributed by atoms with E-state index in [9.17, 15) is 0 Å². The fourth-order valence-corrected chi connectivity index (χ4v) is 2.99. The van der Waals surface area contributed by atoms with Crippen LogP contribution in [0.25, 0.3) is 11.1 Å². The SMILES string of the molecule is CC(C)(C)c1ccc2c(c1-c1cccc3c1OCO3)OCO2. The van der Waals surface area contributed by atoms with Gasteiger partial charge < -0.3 is 18.9 Å². The van der Waals surface area contributed by atoms with Gasteiger partial charge in [-0.3, -0.25) is 0 Å². The summed E-state index contributed by atoms with van der Waals surface area (Å²) in [5.74, 6) is 3.11. The summed E-state index contributed by atoms with van der Waals surface area (Å²) < 4.78 is 22.5. The summed E-state index contributed by atoms with van der Waals surface area (Å²) in [6.07, 6.45) is 0. The van der Waals surface area contributed by atoms with Crippen molar-refractivity contribution in [3.63, 3.8) is 0 Å². The Hall–Kier alpha value is -2.36. The fraction of sp³-hybridized carbons (Fsp3) is 0.333. The molecule has 2 heterocycles. The van der Waals surface area contributed by atoms with E-state index in [-0.39, 0.29) is 19.0 Å². The fourth-order valence-electron chi connectivity index (χ4n) is 2.99. The van der Waals surface area contributed by atoms with Crippen LogP contribution in [-0.2, 0) is 5.41 Å². The van der Waals surface area contributed by atoms with Crippen molar-refractivity contribution in [3.8, 4) is 34.1 Å². The summed E-state index contributed by atoms with van der Waals surface area (Å²) in [5, 5.41) is 0. The number of fused-ring (bicyclic) bond motifs is 2. The van der Waals surface area contributed by atoms with Gasteiger partial charge in [-0.15, -0.1) is 0 Å². The molecule has 0 saturated heterocycles. The topological polar surface area (TPSA) is 36.9 Å². The lowest BCUT2D eigenvalue weighted by molar-refractivity contribution is 0.173. The van der Waals surface area contributed by atoms with Crippen LogP contribution < -0.4 is 18.9 Å². The second-order valence-corrected chi connectivity index (χ2v) is 6.51. The predicted molar refractivity (Wildman–Crippen MR) is 82.8 cm³/mol. The van der Waals surface area contributed by atoms with Gasteiger partial charge in [0.1, 0.15) is 0 Å². The minimum Gasteiger partial charge on any atom is -0.454 e. The van der Waals surface area contributed by atoms with Crippen molar-refractivity contribution in [1.82, 2.24) is 0 Å². The lowest BCUT2D eigenvalue weighted by Gasteiger charge is -2.24. The lowest BCUT2D eigenvalue weighted by Crippen LogP contribution is -2.13. The Kier molecular flexibility index (Phi) is 2.76. The van der Waals surface area contributed by atoms with Gasteiger partial charge in [0.25, 0.3) is 0 Å². The highest BCUT2D eigenvalue weighted by Crippen LogP contribution is 2.51. The van der Waals surface area contributed by atoms with Gasteiger partial charge in [-0.1, -0.05) is 39.0 Å². The average molecular weight is 298 g/mol. The molecule has 2 aliphatic heterocycles. The molecule has 0 bridgehead atoms. The Balaban J connectivity index is 2.02. The average Bonchev–Trinajstić information content (AvgIpc) is 3.13. The Labute approximate surface area is 129 Å². The molecule has 0 aliphatic carbocycles. The van der Waals surface area contributed by atoms with E-state index in [2.05, 4.69) is 26.8 Å². The summed E-state index contributed by atoms with van der Waals surface area (Å²) in [7, 11) is 0. The standard InChI is InChI=1S/C18H18O4/c1-18(2,3)12-7-8-14-17(22-10-20-14)15(12)11-5-4-6-13-16(11)21-9-19-13/h4-8H,9-10H2,1-3H3. The molecule has 0 saturated carbocycles. The van der Waals surface area contributed by atoms with Crippen molar-refractivity contribution in [2.24, 2.45) is 0 Å². The number of ether oxygens (including phenoxy) is 4. The van der Waals surface area contributed by atoms with Crippen LogP contribution in [0, 0.1) is 0 Å². The zero-order valence-corrected chi connectivity index (χ0v) is 12.9. The van der Waals surface area contributed by atoms with Crippen LogP contribution in [0.1, 0.15) is 26.3 Å². The number of hydrogen-bond donors (Lipinski definition) is 0. The molecule has 2 aromatic rings. The van der Waals surface area contributed by atoms with Crippen molar-refractivity contribution in [2.75, 3.05) is 13.6 Å². The molecule has 4 heteroatoms. The van der Waals surface area contributed by atoms with Crippen molar-refractivity contribution >= 4 is 0 Å². The van der Waals surface area contributed by atoms with Crippen LogP contribution >= 0.6 is 0 Å². The number of para-hydroxylation sites is 1. The minimum absolute atomic E-state index is 0.0293. The van der Waals surface area contributed by atoms with Crippen LogP contribution in [0.2, 0.25) is 0 Å². The molecule has 114 valence electrons. The molecule has 0 radical (unpaired) electrons. The van der Waals surface area contributed by atoms with Gasteiger partial charge in [-0.2, -0.15) is 0 Å². The van der Waals surface area contributed by atoms with Crippen LogP contribution in [0.3, 0.4) is 0 Å². The monoisotopic (exact) mass is 298 g/mol. The highest BCUT2D eigenvalue weighted by molar-refractivity contribution is 5.84. The van der Waals surface area contributed by atoms with Gasteiger partial charge >= 0.3 is 0 Å². The van der Waals surface area contributed by atoms with E-state index < -0.39 is 0 Å². The van der Waals surface area contributed by atoms with Crippen molar-refractivity contribution in [1.29, 1.82) is 0 Å². The Morgan fingerprint density at radius 2 is 1.45 bits per heavy atom. The first-order valence-electron chi connectivity index (χ1n) is 7.38. The van der Waals surface area contributed by atoms with Gasteiger partial charge in [0.2, 0.25) is 13.6 Å². The third-order valence-electron chi connectivity index (χ3n) is 4.01. The predicted octanol–water partition coefficient (Wildman–Crippen LogP) is 4.11. The molecule has 2 aliphatic rings. The van der Waals surface area contributed by atoms with Gasteiger partial charge in [0.05, 0.1) is 0 Å². The van der Waals surface area contributed by atoms with Gasteiger partial charge in [-0.05, 0) is 23.1 Å². The molecular formula is C18H18O4. The van der Waals surface area contributed by atoms with E-state index >= 15 is 0 Å². The van der Waals surface area contributed by atoms with Crippen LogP contribution in [0.15, 0.2) is 30.3 Å². The molecule has 2 aromatic carbocycles. The second kappa shape index (κ2) is 4.57. The maximum absolute atomic E-state index is 5.76. The summed E-state index contributed by atoms with van der Waals surface area (Å²) in [6.45, 7) is 7.07. The Morgan fingerprint density at radius 1 is 0.773 bits per heavy atom. The third-order valence-corrected chi connectivity index (χ3v) is 4.01. The first kappa shape index (κ1) is 13.3. The number of hydrogen-bond acceptors (Lipinski definition) is 4. The maximum Gasteiger partial charge on any atom is 0.231 e. The van der Waals surface area contributed by atoms with E-state index in [1.807, 2.05) is 24.3 Å². The van der Waals surface area contributed by atoms with Gasteiger partial charge in [0.15, 0.2) is 23.0 Å².